The molecular weight excluding hydrogens is 549 g/mol. The maximum absolute atomic E-state index is 4.92. The summed E-state index contributed by atoms with van der Waals surface area (Å²) in [6.07, 6.45) is 1.79. The molecule has 0 N–H and O–H groups in total. The molecule has 0 radical (unpaired) electrons. The molecule has 0 atom stereocenters. The largest absolute Gasteiger partial charge is 2.00 e. The molecule has 0 saturated heterocycles. The van der Waals surface area contributed by atoms with E-state index in [-0.39, 0.29) is 26.6 Å². The Morgan fingerprint density at radius 1 is 0.767 bits per heavy atom. The van der Waals surface area contributed by atoms with E-state index in [1.807, 2.05) is 54.6 Å². The van der Waals surface area contributed by atoms with E-state index in [0.717, 1.165) is 34.0 Å². The third-order valence-electron chi connectivity index (χ3n) is 4.58. The minimum Gasteiger partial charge on any atom is -0.340 e. The van der Waals surface area contributed by atoms with Crippen molar-refractivity contribution in [2.45, 2.75) is 26.3 Å². The second-order valence-electron chi connectivity index (χ2n) is 7.83. The average Bonchev–Trinajstić information content (AvgIpc) is 2.75. The zero-order chi connectivity index (χ0) is 20.3. The zero-order valence-corrected chi connectivity index (χ0v) is 19.5. The summed E-state index contributed by atoms with van der Waals surface area (Å²) < 4.78 is 0. The van der Waals surface area contributed by atoms with Gasteiger partial charge >= 0.3 is 21.1 Å². The summed E-state index contributed by atoms with van der Waals surface area (Å²) in [6.45, 7) is 6.53. The predicted molar refractivity (Wildman–Crippen MR) is 119 cm³/mol. The Morgan fingerprint density at radius 3 is 2.20 bits per heavy atom. The SMILES string of the molecule is CC(C)(C)N(c1[c-]c(-c2[c-]cccc2)ccc1)c1cccc(-c2ccccn2)n1.[Pt+2]. The number of rotatable bonds is 4. The minimum absolute atomic E-state index is 0. The van der Waals surface area contributed by atoms with Gasteiger partial charge in [0.2, 0.25) is 0 Å². The van der Waals surface area contributed by atoms with Gasteiger partial charge in [0.1, 0.15) is 5.82 Å². The van der Waals surface area contributed by atoms with Crippen molar-refractivity contribution in [2.75, 3.05) is 4.90 Å². The summed E-state index contributed by atoms with van der Waals surface area (Å²) in [7, 11) is 0. The Morgan fingerprint density at radius 2 is 1.50 bits per heavy atom. The van der Waals surface area contributed by atoms with Crippen molar-refractivity contribution in [2.24, 2.45) is 0 Å². The maximum Gasteiger partial charge on any atom is 2.00 e. The van der Waals surface area contributed by atoms with Crippen LogP contribution in [-0.4, -0.2) is 15.5 Å². The van der Waals surface area contributed by atoms with E-state index in [4.69, 9.17) is 4.98 Å². The normalized spacial score (nSPS) is 10.9. The van der Waals surface area contributed by atoms with Crippen molar-refractivity contribution in [3.63, 3.8) is 0 Å². The van der Waals surface area contributed by atoms with Crippen LogP contribution in [0.3, 0.4) is 0 Å². The summed E-state index contributed by atoms with van der Waals surface area (Å²) in [5.41, 5.74) is 4.53. The number of anilines is 2. The number of hydrogen-bond donors (Lipinski definition) is 0. The molecule has 2 aromatic heterocycles. The fraction of sp³-hybridized carbons (Fsp3) is 0.154. The van der Waals surface area contributed by atoms with E-state index in [2.05, 4.69) is 67.1 Å². The standard InChI is InChI=1S/C26H23N3.Pt/c1-26(2,3)29(22-14-9-13-21(19-22)20-11-5-4-6-12-20)25-17-10-16-24(28-25)23-15-7-8-18-27-23;/h4-11,13-18H,1-3H3;/q-2;+2. The van der Waals surface area contributed by atoms with Gasteiger partial charge in [-0.1, -0.05) is 17.8 Å². The fourth-order valence-electron chi connectivity index (χ4n) is 3.34. The molecule has 152 valence electrons. The van der Waals surface area contributed by atoms with Gasteiger partial charge < -0.3 is 4.90 Å². The maximum atomic E-state index is 4.92. The van der Waals surface area contributed by atoms with E-state index in [1.54, 1.807) is 6.20 Å². The molecule has 0 spiro atoms. The molecule has 0 aliphatic carbocycles. The summed E-state index contributed by atoms with van der Waals surface area (Å²) in [5, 5.41) is 0. The molecule has 0 unspecified atom stereocenters. The average molecular weight is 573 g/mol. The molecule has 2 heterocycles. The van der Waals surface area contributed by atoms with Crippen LogP contribution in [0.5, 0.6) is 0 Å². The van der Waals surface area contributed by atoms with Gasteiger partial charge in [0.05, 0.1) is 11.4 Å². The fourth-order valence-corrected chi connectivity index (χ4v) is 3.34. The first-order valence-corrected chi connectivity index (χ1v) is 9.70. The molecule has 4 heteroatoms. The molecule has 4 aromatic rings. The molecule has 4 rings (SSSR count). The van der Waals surface area contributed by atoms with Crippen molar-refractivity contribution in [1.29, 1.82) is 0 Å². The Kier molecular flexibility index (Phi) is 6.84. The van der Waals surface area contributed by atoms with E-state index >= 15 is 0 Å². The van der Waals surface area contributed by atoms with E-state index in [9.17, 15) is 0 Å². The third kappa shape index (κ3) is 4.86. The molecule has 2 aromatic carbocycles. The van der Waals surface area contributed by atoms with Gasteiger partial charge in [-0.3, -0.25) is 4.98 Å². The Bertz CT molecular complexity index is 1010. The van der Waals surface area contributed by atoms with Crippen LogP contribution in [0.2, 0.25) is 0 Å². The number of nitrogens with zero attached hydrogens (tertiary/aromatic N) is 3. The van der Waals surface area contributed by atoms with Crippen molar-refractivity contribution >= 4 is 11.5 Å². The first-order valence-electron chi connectivity index (χ1n) is 9.70. The molecule has 3 nitrogen and oxygen atoms in total. The number of hydrogen-bond acceptors (Lipinski definition) is 3. The first-order chi connectivity index (χ1) is 14.0. The van der Waals surface area contributed by atoms with Gasteiger partial charge in [-0.2, -0.15) is 42.5 Å². The van der Waals surface area contributed by atoms with Crippen LogP contribution in [-0.2, 0) is 21.1 Å². The second kappa shape index (κ2) is 9.36. The van der Waals surface area contributed by atoms with Crippen LogP contribution in [0.25, 0.3) is 22.5 Å². The molecule has 0 aliphatic rings. The monoisotopic (exact) mass is 572 g/mol. The predicted octanol–water partition coefficient (Wildman–Crippen LogP) is 6.35. The summed E-state index contributed by atoms with van der Waals surface area (Å²) in [6, 6.07) is 32.9. The van der Waals surface area contributed by atoms with Crippen LogP contribution in [0.4, 0.5) is 11.5 Å². The molecule has 0 saturated carbocycles. The Labute approximate surface area is 193 Å². The van der Waals surface area contributed by atoms with Crippen LogP contribution < -0.4 is 4.90 Å². The number of aromatic nitrogens is 2. The molecule has 30 heavy (non-hydrogen) atoms. The molecule has 0 aliphatic heterocycles. The van der Waals surface area contributed by atoms with Gasteiger partial charge in [0, 0.05) is 11.7 Å². The van der Waals surface area contributed by atoms with Crippen LogP contribution in [0.15, 0.2) is 85.1 Å². The summed E-state index contributed by atoms with van der Waals surface area (Å²) in [4.78, 5) is 11.6. The van der Waals surface area contributed by atoms with Crippen LogP contribution >= 0.6 is 0 Å². The molecule has 0 amide bonds. The first kappa shape index (κ1) is 21.9. The van der Waals surface area contributed by atoms with E-state index in [1.165, 1.54) is 0 Å². The molecule has 0 fully saturated rings. The van der Waals surface area contributed by atoms with Gasteiger partial charge in [-0.15, -0.1) is 12.1 Å². The molecule has 0 bridgehead atoms. The van der Waals surface area contributed by atoms with Gasteiger partial charge in [-0.25, -0.2) is 16.1 Å². The van der Waals surface area contributed by atoms with E-state index < -0.39 is 0 Å². The second-order valence-corrected chi connectivity index (χ2v) is 7.83. The quantitative estimate of drug-likeness (QED) is 0.267. The molecular formula is C26H23N3Pt. The summed E-state index contributed by atoms with van der Waals surface area (Å²) in [5.74, 6) is 0.867. The van der Waals surface area contributed by atoms with Gasteiger partial charge in [0.25, 0.3) is 0 Å². The Balaban J connectivity index is 0.00000256. The number of pyridine rings is 2. The number of benzene rings is 2. The van der Waals surface area contributed by atoms with Gasteiger partial charge in [0.15, 0.2) is 0 Å². The smallest absolute Gasteiger partial charge is 0.340 e. The van der Waals surface area contributed by atoms with Crippen molar-refractivity contribution in [3.05, 3.63) is 97.2 Å². The van der Waals surface area contributed by atoms with Crippen LogP contribution in [0, 0.1) is 12.1 Å². The van der Waals surface area contributed by atoms with E-state index in [0.29, 0.717) is 0 Å². The minimum atomic E-state index is -0.189. The Hall–Kier alpha value is -2.77. The third-order valence-corrected chi connectivity index (χ3v) is 4.58. The van der Waals surface area contributed by atoms with Crippen molar-refractivity contribution < 1.29 is 21.1 Å². The van der Waals surface area contributed by atoms with Crippen LogP contribution in [0.1, 0.15) is 20.8 Å². The summed E-state index contributed by atoms with van der Waals surface area (Å²) >= 11 is 0. The van der Waals surface area contributed by atoms with Gasteiger partial charge in [-0.05, 0) is 45.0 Å². The zero-order valence-electron chi connectivity index (χ0n) is 17.2. The van der Waals surface area contributed by atoms with Crippen molar-refractivity contribution in [1.82, 2.24) is 9.97 Å². The topological polar surface area (TPSA) is 29.0 Å². The van der Waals surface area contributed by atoms with Crippen molar-refractivity contribution in [3.8, 4) is 22.5 Å².